The van der Waals surface area contributed by atoms with Crippen molar-refractivity contribution in [2.75, 3.05) is 32.1 Å². The molecule has 0 aromatic carbocycles. The summed E-state index contributed by atoms with van der Waals surface area (Å²) in [5, 5.41) is 4.70. The zero-order valence-electron chi connectivity index (χ0n) is 9.98. The topological polar surface area (TPSA) is 55.3 Å². The molecule has 17 heavy (non-hydrogen) atoms. The van der Waals surface area contributed by atoms with E-state index in [2.05, 4.69) is 25.5 Å². The lowest BCUT2D eigenvalue weighted by molar-refractivity contribution is 0.0712. The summed E-state index contributed by atoms with van der Waals surface area (Å²) in [5.41, 5.74) is 0.775. The summed E-state index contributed by atoms with van der Waals surface area (Å²) in [6.07, 6.45) is 0.726. The molecule has 0 spiro atoms. The molecular formula is C10H16BrN3O2S. The lowest BCUT2D eigenvalue weighted by Gasteiger charge is -2.20. The Labute approximate surface area is 113 Å². The van der Waals surface area contributed by atoms with Crippen molar-refractivity contribution in [2.24, 2.45) is 0 Å². The summed E-state index contributed by atoms with van der Waals surface area (Å²) >= 11 is 4.51. The van der Waals surface area contributed by atoms with Crippen LogP contribution >= 0.6 is 27.5 Å². The van der Waals surface area contributed by atoms with Crippen molar-refractivity contribution >= 4 is 33.4 Å². The van der Waals surface area contributed by atoms with Crippen molar-refractivity contribution in [1.82, 2.24) is 14.5 Å². The number of rotatable bonds is 7. The maximum Gasteiger partial charge on any atom is 0.267 e. The Kier molecular flexibility index (Phi) is 6.61. The minimum absolute atomic E-state index is 0.00616. The first-order valence-corrected chi connectivity index (χ1v) is 7.29. The second kappa shape index (κ2) is 7.73. The van der Waals surface area contributed by atoms with Crippen LogP contribution in [-0.2, 0) is 11.2 Å². The minimum Gasteiger partial charge on any atom is -0.383 e. The van der Waals surface area contributed by atoms with E-state index in [1.165, 1.54) is 0 Å². The fourth-order valence-electron chi connectivity index (χ4n) is 1.36. The van der Waals surface area contributed by atoms with E-state index in [9.17, 15) is 4.79 Å². The maximum atomic E-state index is 12.3. The van der Waals surface area contributed by atoms with E-state index in [-0.39, 0.29) is 5.91 Å². The van der Waals surface area contributed by atoms with Gasteiger partial charge >= 0.3 is 0 Å². The Hall–Kier alpha value is -0.530. The van der Waals surface area contributed by atoms with Crippen molar-refractivity contribution in [2.45, 2.75) is 13.3 Å². The normalized spacial score (nSPS) is 10.5. The van der Waals surface area contributed by atoms with Crippen molar-refractivity contribution in [3.8, 4) is 0 Å². The predicted molar refractivity (Wildman–Crippen MR) is 70.9 cm³/mol. The predicted octanol–water partition coefficient (Wildman–Crippen LogP) is 1.58. The van der Waals surface area contributed by atoms with Crippen molar-refractivity contribution < 1.29 is 9.53 Å². The van der Waals surface area contributed by atoms with Gasteiger partial charge in [0.25, 0.3) is 5.91 Å². The second-order valence-electron chi connectivity index (χ2n) is 3.38. The first-order chi connectivity index (χ1) is 8.24. The maximum absolute atomic E-state index is 12.3. The number of ether oxygens (including phenoxy) is 1. The van der Waals surface area contributed by atoms with Crippen LogP contribution < -0.4 is 0 Å². The Morgan fingerprint density at radius 2 is 2.29 bits per heavy atom. The number of hydrogen-bond donors (Lipinski definition) is 0. The van der Waals surface area contributed by atoms with Gasteiger partial charge in [0.2, 0.25) is 0 Å². The van der Waals surface area contributed by atoms with E-state index in [4.69, 9.17) is 4.74 Å². The van der Waals surface area contributed by atoms with Gasteiger partial charge in [0.05, 0.1) is 12.3 Å². The number of carbonyl (C=O) groups is 1. The summed E-state index contributed by atoms with van der Waals surface area (Å²) in [7, 11) is 1.63. The monoisotopic (exact) mass is 321 g/mol. The molecule has 0 atom stereocenters. The number of nitrogens with zero attached hydrogens (tertiary/aromatic N) is 3. The average Bonchev–Trinajstić information content (AvgIpc) is 2.81. The number of alkyl halides is 1. The van der Waals surface area contributed by atoms with Crippen molar-refractivity contribution in [1.29, 1.82) is 0 Å². The van der Waals surface area contributed by atoms with Gasteiger partial charge in [-0.05, 0) is 18.0 Å². The summed E-state index contributed by atoms with van der Waals surface area (Å²) in [5.74, 6) is -0.00616. The third-order valence-corrected chi connectivity index (χ3v) is 3.40. The molecule has 1 heterocycles. The highest BCUT2D eigenvalue weighted by atomic mass is 79.9. The molecule has 0 bridgehead atoms. The van der Waals surface area contributed by atoms with Crippen LogP contribution in [-0.4, -0.2) is 52.5 Å². The Bertz CT molecular complexity index is 359. The molecule has 0 aliphatic rings. The van der Waals surface area contributed by atoms with Crippen molar-refractivity contribution in [3.05, 3.63) is 10.6 Å². The van der Waals surface area contributed by atoms with Gasteiger partial charge in [-0.25, -0.2) is 0 Å². The molecule has 1 aromatic rings. The molecule has 0 aliphatic carbocycles. The van der Waals surface area contributed by atoms with E-state index >= 15 is 0 Å². The van der Waals surface area contributed by atoms with Crippen LogP contribution in [0.2, 0.25) is 0 Å². The van der Waals surface area contributed by atoms with Gasteiger partial charge in [0, 0.05) is 25.5 Å². The smallest absolute Gasteiger partial charge is 0.267 e. The summed E-state index contributed by atoms with van der Waals surface area (Å²) in [4.78, 5) is 14.7. The Morgan fingerprint density at radius 3 is 2.88 bits per heavy atom. The van der Waals surface area contributed by atoms with E-state index in [0.717, 1.165) is 29.0 Å². The highest BCUT2D eigenvalue weighted by Crippen LogP contribution is 2.14. The van der Waals surface area contributed by atoms with Gasteiger partial charge in [-0.1, -0.05) is 27.3 Å². The summed E-state index contributed by atoms with van der Waals surface area (Å²) < 4.78 is 8.84. The largest absolute Gasteiger partial charge is 0.383 e. The molecule has 1 rings (SSSR count). The number of halogens is 1. The Balaban J connectivity index is 2.76. The molecule has 7 heteroatoms. The van der Waals surface area contributed by atoms with Gasteiger partial charge in [-0.2, -0.15) is 0 Å². The van der Waals surface area contributed by atoms with Crippen LogP contribution in [0.1, 0.15) is 22.3 Å². The van der Waals surface area contributed by atoms with E-state index in [0.29, 0.717) is 24.6 Å². The van der Waals surface area contributed by atoms with E-state index < -0.39 is 0 Å². The SMILES string of the molecule is CCc1nnsc1C(=O)N(CCBr)CCOC. The van der Waals surface area contributed by atoms with Gasteiger partial charge in [0.1, 0.15) is 4.88 Å². The molecular weight excluding hydrogens is 306 g/mol. The van der Waals surface area contributed by atoms with Crippen LogP contribution in [0.5, 0.6) is 0 Å². The summed E-state index contributed by atoms with van der Waals surface area (Å²) in [6.45, 7) is 3.75. The van der Waals surface area contributed by atoms with Crippen LogP contribution in [0.4, 0.5) is 0 Å². The highest BCUT2D eigenvalue weighted by Gasteiger charge is 2.20. The number of carbonyl (C=O) groups excluding carboxylic acids is 1. The molecule has 0 N–H and O–H groups in total. The first-order valence-electron chi connectivity index (χ1n) is 5.40. The quantitative estimate of drug-likeness (QED) is 0.715. The lowest BCUT2D eigenvalue weighted by atomic mass is 10.2. The molecule has 1 aromatic heterocycles. The third-order valence-electron chi connectivity index (χ3n) is 2.29. The standard InChI is InChI=1S/C10H16BrN3O2S/c1-3-8-9(17-13-12-8)10(15)14(5-4-11)6-7-16-2/h3-7H2,1-2H3. The zero-order valence-corrected chi connectivity index (χ0v) is 12.4. The van der Waals surface area contributed by atoms with Crippen LogP contribution in [0.3, 0.4) is 0 Å². The molecule has 96 valence electrons. The van der Waals surface area contributed by atoms with Gasteiger partial charge in [0.15, 0.2) is 0 Å². The first kappa shape index (κ1) is 14.5. The molecule has 0 unspecified atom stereocenters. The van der Waals surface area contributed by atoms with E-state index in [1.807, 2.05) is 6.92 Å². The summed E-state index contributed by atoms with van der Waals surface area (Å²) in [6, 6.07) is 0. The molecule has 0 aliphatic heterocycles. The molecule has 0 fully saturated rings. The lowest BCUT2D eigenvalue weighted by Crippen LogP contribution is -2.35. The molecule has 1 amide bonds. The molecule has 5 nitrogen and oxygen atoms in total. The third kappa shape index (κ3) is 4.01. The van der Waals surface area contributed by atoms with Crippen molar-refractivity contribution in [3.63, 3.8) is 0 Å². The van der Waals surface area contributed by atoms with Crippen LogP contribution in [0, 0.1) is 0 Å². The molecule has 0 saturated carbocycles. The van der Waals surface area contributed by atoms with Gasteiger partial charge in [-0.3, -0.25) is 4.79 Å². The fourth-order valence-corrected chi connectivity index (χ4v) is 2.51. The molecule has 0 saturated heterocycles. The Morgan fingerprint density at radius 1 is 1.53 bits per heavy atom. The number of hydrogen-bond acceptors (Lipinski definition) is 5. The number of aromatic nitrogens is 2. The molecule has 0 radical (unpaired) electrons. The van der Waals surface area contributed by atoms with Gasteiger partial charge < -0.3 is 9.64 Å². The van der Waals surface area contributed by atoms with Crippen LogP contribution in [0.25, 0.3) is 0 Å². The number of amides is 1. The number of methoxy groups -OCH3 is 1. The van der Waals surface area contributed by atoms with Crippen LogP contribution in [0.15, 0.2) is 0 Å². The van der Waals surface area contributed by atoms with Gasteiger partial charge in [-0.15, -0.1) is 5.10 Å². The van der Waals surface area contributed by atoms with E-state index in [1.54, 1.807) is 12.0 Å². The number of aryl methyl sites for hydroxylation is 1. The highest BCUT2D eigenvalue weighted by molar-refractivity contribution is 9.09. The average molecular weight is 322 g/mol. The fraction of sp³-hybridized carbons (Fsp3) is 0.700. The minimum atomic E-state index is -0.00616. The zero-order chi connectivity index (χ0) is 12.7. The second-order valence-corrected chi connectivity index (χ2v) is 4.92.